The maximum absolute atomic E-state index is 2.63. The van der Waals surface area contributed by atoms with Crippen molar-refractivity contribution in [1.82, 2.24) is 4.90 Å². The first-order valence-electron chi connectivity index (χ1n) is 6.48. The molecule has 0 spiro atoms. The van der Waals surface area contributed by atoms with Crippen LogP contribution >= 0.6 is 0 Å². The Morgan fingerprint density at radius 3 is 2.43 bits per heavy atom. The monoisotopic (exact) mass is 199 g/mol. The highest BCUT2D eigenvalue weighted by Gasteiger charge is 2.20. The van der Waals surface area contributed by atoms with E-state index in [-0.39, 0.29) is 0 Å². The highest BCUT2D eigenvalue weighted by Crippen LogP contribution is 2.21. The van der Waals surface area contributed by atoms with Crippen molar-refractivity contribution >= 4 is 0 Å². The number of piperidine rings is 1. The Bertz CT molecular complexity index is 118. The SMILES string of the molecule is CC.CCCC1CCCN(C(C)C)C1. The zero-order valence-electron chi connectivity index (χ0n) is 10.8. The van der Waals surface area contributed by atoms with E-state index in [1.165, 1.54) is 38.8 Å². The molecule has 0 bridgehead atoms. The second-order valence-corrected chi connectivity index (χ2v) is 4.39. The molecule has 0 saturated carbocycles. The summed E-state index contributed by atoms with van der Waals surface area (Å²) in [5, 5.41) is 0. The van der Waals surface area contributed by atoms with Gasteiger partial charge in [-0.25, -0.2) is 0 Å². The minimum absolute atomic E-state index is 0.754. The average molecular weight is 199 g/mol. The van der Waals surface area contributed by atoms with Crippen LogP contribution in [0.3, 0.4) is 0 Å². The normalized spacial score (nSPS) is 23.1. The van der Waals surface area contributed by atoms with Crippen LogP contribution in [0.15, 0.2) is 0 Å². The van der Waals surface area contributed by atoms with Crippen molar-refractivity contribution in [1.29, 1.82) is 0 Å². The molecule has 0 aliphatic carbocycles. The fourth-order valence-corrected chi connectivity index (χ4v) is 2.21. The molecule has 86 valence electrons. The van der Waals surface area contributed by atoms with Crippen molar-refractivity contribution in [3.8, 4) is 0 Å². The Kier molecular flexibility index (Phi) is 8.26. The van der Waals surface area contributed by atoms with Gasteiger partial charge in [0.05, 0.1) is 0 Å². The Balaban J connectivity index is 0.000000791. The lowest BCUT2D eigenvalue weighted by atomic mass is 9.93. The Morgan fingerprint density at radius 2 is 1.93 bits per heavy atom. The number of hydrogen-bond acceptors (Lipinski definition) is 1. The number of nitrogens with zero attached hydrogens (tertiary/aromatic N) is 1. The molecule has 0 N–H and O–H groups in total. The predicted octanol–water partition coefficient (Wildman–Crippen LogP) is 3.93. The van der Waals surface area contributed by atoms with Gasteiger partial charge in [0.15, 0.2) is 0 Å². The van der Waals surface area contributed by atoms with Gasteiger partial charge in [0.1, 0.15) is 0 Å². The summed E-state index contributed by atoms with van der Waals surface area (Å²) in [6.45, 7) is 13.6. The minimum atomic E-state index is 0.754. The molecule has 0 aromatic heterocycles. The van der Waals surface area contributed by atoms with E-state index in [1.807, 2.05) is 13.8 Å². The third-order valence-electron chi connectivity index (χ3n) is 2.98. The molecule has 1 aliphatic heterocycles. The van der Waals surface area contributed by atoms with Gasteiger partial charge in [-0.15, -0.1) is 0 Å². The number of hydrogen-bond donors (Lipinski definition) is 0. The topological polar surface area (TPSA) is 3.24 Å². The Labute approximate surface area is 90.9 Å². The van der Waals surface area contributed by atoms with Crippen molar-refractivity contribution in [2.75, 3.05) is 13.1 Å². The van der Waals surface area contributed by atoms with Crippen molar-refractivity contribution in [2.24, 2.45) is 5.92 Å². The second kappa shape index (κ2) is 8.28. The van der Waals surface area contributed by atoms with Crippen molar-refractivity contribution in [2.45, 2.75) is 66.3 Å². The van der Waals surface area contributed by atoms with E-state index in [4.69, 9.17) is 0 Å². The quantitative estimate of drug-likeness (QED) is 0.665. The molecule has 14 heavy (non-hydrogen) atoms. The summed E-state index contributed by atoms with van der Waals surface area (Å²) >= 11 is 0. The maximum Gasteiger partial charge on any atom is 0.00387 e. The van der Waals surface area contributed by atoms with E-state index >= 15 is 0 Å². The van der Waals surface area contributed by atoms with Crippen LogP contribution in [-0.4, -0.2) is 24.0 Å². The third kappa shape index (κ3) is 4.99. The van der Waals surface area contributed by atoms with Crippen LogP contribution in [0.1, 0.15) is 60.3 Å². The lowest BCUT2D eigenvalue weighted by molar-refractivity contribution is 0.135. The molecule has 1 rings (SSSR count). The zero-order chi connectivity index (χ0) is 11.0. The van der Waals surface area contributed by atoms with E-state index in [0.717, 1.165) is 12.0 Å². The average Bonchev–Trinajstić information content (AvgIpc) is 2.22. The van der Waals surface area contributed by atoms with Gasteiger partial charge >= 0.3 is 0 Å². The third-order valence-corrected chi connectivity index (χ3v) is 2.98. The summed E-state index contributed by atoms with van der Waals surface area (Å²) in [4.78, 5) is 2.63. The van der Waals surface area contributed by atoms with E-state index < -0.39 is 0 Å². The van der Waals surface area contributed by atoms with Gasteiger partial charge < -0.3 is 4.90 Å². The minimum Gasteiger partial charge on any atom is -0.301 e. The molecule has 0 aromatic carbocycles. The van der Waals surface area contributed by atoms with Crippen LogP contribution in [0.25, 0.3) is 0 Å². The second-order valence-electron chi connectivity index (χ2n) is 4.39. The fourth-order valence-electron chi connectivity index (χ4n) is 2.21. The molecular weight excluding hydrogens is 170 g/mol. The lowest BCUT2D eigenvalue weighted by Crippen LogP contribution is -2.39. The molecule has 1 nitrogen and oxygen atoms in total. The molecule has 1 fully saturated rings. The van der Waals surface area contributed by atoms with Crippen LogP contribution in [0.2, 0.25) is 0 Å². The maximum atomic E-state index is 2.63. The molecule has 0 aromatic rings. The zero-order valence-corrected chi connectivity index (χ0v) is 10.8. The lowest BCUT2D eigenvalue weighted by Gasteiger charge is -2.35. The summed E-state index contributed by atoms with van der Waals surface area (Å²) in [6.07, 6.45) is 5.68. The number of likely N-dealkylation sites (tertiary alicyclic amines) is 1. The van der Waals surface area contributed by atoms with Gasteiger partial charge in [0.25, 0.3) is 0 Å². The summed E-state index contributed by atoms with van der Waals surface area (Å²) in [5.74, 6) is 0.992. The summed E-state index contributed by atoms with van der Waals surface area (Å²) < 4.78 is 0. The Hall–Kier alpha value is -0.0400. The van der Waals surface area contributed by atoms with E-state index in [0.29, 0.717) is 0 Å². The van der Waals surface area contributed by atoms with Gasteiger partial charge in [-0.3, -0.25) is 0 Å². The number of rotatable bonds is 3. The van der Waals surface area contributed by atoms with Gasteiger partial charge in [-0.1, -0.05) is 27.2 Å². The Morgan fingerprint density at radius 1 is 1.29 bits per heavy atom. The smallest absolute Gasteiger partial charge is 0.00387 e. The molecule has 0 radical (unpaired) electrons. The van der Waals surface area contributed by atoms with Crippen LogP contribution in [0.4, 0.5) is 0 Å². The predicted molar refractivity (Wildman–Crippen MR) is 65.7 cm³/mol. The van der Waals surface area contributed by atoms with E-state index in [1.54, 1.807) is 0 Å². The van der Waals surface area contributed by atoms with Crippen LogP contribution in [-0.2, 0) is 0 Å². The van der Waals surface area contributed by atoms with Gasteiger partial charge in [0.2, 0.25) is 0 Å². The summed E-state index contributed by atoms with van der Waals surface area (Å²) in [6, 6.07) is 0.754. The standard InChI is InChI=1S/C11H23N.C2H6/c1-4-6-11-7-5-8-12(9-11)10(2)3;1-2/h10-11H,4-9H2,1-3H3;1-2H3. The first-order chi connectivity index (χ1) is 6.74. The van der Waals surface area contributed by atoms with Crippen molar-refractivity contribution in [3.05, 3.63) is 0 Å². The van der Waals surface area contributed by atoms with Gasteiger partial charge in [0, 0.05) is 12.6 Å². The van der Waals surface area contributed by atoms with Gasteiger partial charge in [-0.2, -0.15) is 0 Å². The fraction of sp³-hybridized carbons (Fsp3) is 1.00. The first kappa shape index (κ1) is 14.0. The summed E-state index contributed by atoms with van der Waals surface area (Å²) in [5.41, 5.74) is 0. The first-order valence-corrected chi connectivity index (χ1v) is 6.48. The molecule has 1 heterocycles. The van der Waals surface area contributed by atoms with Crippen LogP contribution in [0, 0.1) is 5.92 Å². The van der Waals surface area contributed by atoms with Crippen molar-refractivity contribution in [3.63, 3.8) is 0 Å². The molecule has 1 atom stereocenters. The van der Waals surface area contributed by atoms with Crippen LogP contribution in [0.5, 0.6) is 0 Å². The van der Waals surface area contributed by atoms with E-state index in [2.05, 4.69) is 25.7 Å². The molecule has 0 amide bonds. The largest absolute Gasteiger partial charge is 0.301 e. The molecule has 1 heteroatoms. The molecular formula is C13H29N. The van der Waals surface area contributed by atoms with Gasteiger partial charge in [-0.05, 0) is 45.6 Å². The molecule has 1 aliphatic rings. The highest BCUT2D eigenvalue weighted by molar-refractivity contribution is 4.74. The molecule has 1 saturated heterocycles. The molecule has 1 unspecified atom stereocenters. The van der Waals surface area contributed by atoms with Crippen LogP contribution < -0.4 is 0 Å². The van der Waals surface area contributed by atoms with Crippen molar-refractivity contribution < 1.29 is 0 Å². The highest BCUT2D eigenvalue weighted by atomic mass is 15.1. The van der Waals surface area contributed by atoms with E-state index in [9.17, 15) is 0 Å². The summed E-state index contributed by atoms with van der Waals surface area (Å²) in [7, 11) is 0.